The Bertz CT molecular complexity index is 325. The zero-order valence-corrected chi connectivity index (χ0v) is 13.8. The maximum Gasteiger partial charge on any atom is 0.458 e. The molecule has 2 nitrogen and oxygen atoms in total. The second-order valence-corrected chi connectivity index (χ2v) is 7.80. The van der Waals surface area contributed by atoms with Crippen molar-refractivity contribution in [3.8, 4) is 0 Å². The normalized spacial score (nSPS) is 28.1. The van der Waals surface area contributed by atoms with Crippen LogP contribution in [0.5, 0.6) is 0 Å². The van der Waals surface area contributed by atoms with Gasteiger partial charge in [-0.05, 0) is 58.7 Å². The van der Waals surface area contributed by atoms with Gasteiger partial charge in [0.2, 0.25) is 0 Å². The Morgan fingerprint density at radius 1 is 0.950 bits per heavy atom. The van der Waals surface area contributed by atoms with Gasteiger partial charge in [0.15, 0.2) is 0 Å². The molecule has 0 aromatic carbocycles. The first-order valence-electron chi connectivity index (χ1n) is 8.27. The third-order valence-electron chi connectivity index (χ3n) is 5.64. The summed E-state index contributed by atoms with van der Waals surface area (Å²) in [6, 6.07) is 0. The van der Waals surface area contributed by atoms with E-state index in [-0.39, 0.29) is 18.3 Å². The van der Waals surface area contributed by atoms with Crippen LogP contribution in [0, 0.1) is 5.41 Å². The Morgan fingerprint density at radius 3 is 1.90 bits per heavy atom. The highest BCUT2D eigenvalue weighted by atomic mass is 16.7. The van der Waals surface area contributed by atoms with Crippen molar-refractivity contribution in [2.24, 2.45) is 5.41 Å². The predicted octanol–water partition coefficient (Wildman–Crippen LogP) is 5.00. The Labute approximate surface area is 125 Å². The summed E-state index contributed by atoms with van der Waals surface area (Å²) in [6.45, 7) is 12.5. The van der Waals surface area contributed by atoms with Crippen LogP contribution >= 0.6 is 0 Å². The SMILES string of the molecule is C=CCC1(CB2OC(C)(C)C(C)(C)O2)CCCCCC1. The highest BCUT2D eigenvalue weighted by Gasteiger charge is 2.52. The molecule has 114 valence electrons. The summed E-state index contributed by atoms with van der Waals surface area (Å²) in [7, 11) is -0.0574. The Morgan fingerprint density at radius 2 is 1.45 bits per heavy atom. The molecule has 0 radical (unpaired) electrons. The van der Waals surface area contributed by atoms with Gasteiger partial charge >= 0.3 is 7.12 Å². The van der Waals surface area contributed by atoms with Crippen molar-refractivity contribution >= 4 is 7.12 Å². The van der Waals surface area contributed by atoms with E-state index < -0.39 is 0 Å². The van der Waals surface area contributed by atoms with Gasteiger partial charge in [0.1, 0.15) is 0 Å². The number of hydrogen-bond acceptors (Lipinski definition) is 2. The summed E-state index contributed by atoms with van der Waals surface area (Å²) in [5, 5.41) is 0. The fraction of sp³-hybridized carbons (Fsp3) is 0.882. The number of rotatable bonds is 4. The van der Waals surface area contributed by atoms with Gasteiger partial charge in [-0.1, -0.05) is 31.8 Å². The molecule has 2 aliphatic rings. The summed E-state index contributed by atoms with van der Waals surface area (Å²) >= 11 is 0. The van der Waals surface area contributed by atoms with Crippen LogP contribution in [0.1, 0.15) is 72.6 Å². The van der Waals surface area contributed by atoms with Gasteiger partial charge in [-0.15, -0.1) is 6.58 Å². The molecule has 0 atom stereocenters. The van der Waals surface area contributed by atoms with E-state index in [1.165, 1.54) is 38.5 Å². The minimum Gasteiger partial charge on any atom is -0.403 e. The van der Waals surface area contributed by atoms with E-state index in [0.29, 0.717) is 5.41 Å². The summed E-state index contributed by atoms with van der Waals surface area (Å²) in [6.07, 6.45) is 12.2. The molecule has 0 amide bonds. The Kier molecular flexibility index (Phi) is 4.71. The van der Waals surface area contributed by atoms with Crippen LogP contribution in [0.4, 0.5) is 0 Å². The van der Waals surface area contributed by atoms with Gasteiger partial charge in [-0.3, -0.25) is 0 Å². The van der Waals surface area contributed by atoms with Gasteiger partial charge in [-0.25, -0.2) is 0 Å². The summed E-state index contributed by atoms with van der Waals surface area (Å²) in [5.74, 6) is 0. The molecule has 0 spiro atoms. The molecule has 2 rings (SSSR count). The average Bonchev–Trinajstić information content (AvgIpc) is 2.50. The molecule has 3 heteroatoms. The summed E-state index contributed by atoms with van der Waals surface area (Å²) in [4.78, 5) is 0. The van der Waals surface area contributed by atoms with Crippen molar-refractivity contribution in [1.29, 1.82) is 0 Å². The highest BCUT2D eigenvalue weighted by Crippen LogP contribution is 2.46. The average molecular weight is 278 g/mol. The zero-order chi connectivity index (χ0) is 14.9. The number of hydrogen-bond donors (Lipinski definition) is 0. The standard InChI is InChI=1S/C17H31BO2/c1-6-11-17(12-9-7-8-10-13-17)14-18-19-15(2,3)16(4,5)20-18/h6H,1,7-14H2,2-5H3. The largest absolute Gasteiger partial charge is 0.458 e. The fourth-order valence-electron chi connectivity index (χ4n) is 3.68. The minimum atomic E-state index is -0.211. The maximum atomic E-state index is 6.22. The Balaban J connectivity index is 2.07. The predicted molar refractivity (Wildman–Crippen MR) is 85.8 cm³/mol. The molecule has 0 N–H and O–H groups in total. The van der Waals surface area contributed by atoms with E-state index in [4.69, 9.17) is 9.31 Å². The van der Waals surface area contributed by atoms with Crippen molar-refractivity contribution in [3.63, 3.8) is 0 Å². The first-order valence-corrected chi connectivity index (χ1v) is 8.27. The molecule has 1 heterocycles. The fourth-order valence-corrected chi connectivity index (χ4v) is 3.68. The van der Waals surface area contributed by atoms with Gasteiger partial charge in [0.05, 0.1) is 11.2 Å². The monoisotopic (exact) mass is 278 g/mol. The van der Waals surface area contributed by atoms with E-state index in [9.17, 15) is 0 Å². The quantitative estimate of drug-likeness (QED) is 0.409. The van der Waals surface area contributed by atoms with E-state index >= 15 is 0 Å². The van der Waals surface area contributed by atoms with Crippen molar-refractivity contribution in [2.75, 3.05) is 0 Å². The maximum absolute atomic E-state index is 6.22. The zero-order valence-electron chi connectivity index (χ0n) is 13.8. The molecule has 1 saturated heterocycles. The molecule has 1 saturated carbocycles. The summed E-state index contributed by atoms with van der Waals surface area (Å²) in [5.41, 5.74) is -0.0745. The van der Waals surface area contributed by atoms with Gasteiger partial charge < -0.3 is 9.31 Å². The lowest BCUT2D eigenvalue weighted by molar-refractivity contribution is 0.00578. The molecule has 0 bridgehead atoms. The molecule has 2 fully saturated rings. The van der Waals surface area contributed by atoms with Crippen molar-refractivity contribution < 1.29 is 9.31 Å². The van der Waals surface area contributed by atoms with E-state index in [2.05, 4.69) is 40.3 Å². The molecule has 1 aliphatic heterocycles. The van der Waals surface area contributed by atoms with E-state index in [1.54, 1.807) is 0 Å². The third-order valence-corrected chi connectivity index (χ3v) is 5.64. The van der Waals surface area contributed by atoms with Gasteiger partial charge in [0, 0.05) is 0 Å². The molecule has 20 heavy (non-hydrogen) atoms. The van der Waals surface area contributed by atoms with E-state index in [1.807, 2.05) is 0 Å². The molecule has 0 aromatic rings. The molecule has 1 aliphatic carbocycles. The lowest BCUT2D eigenvalue weighted by Crippen LogP contribution is -2.41. The van der Waals surface area contributed by atoms with Gasteiger partial charge in [-0.2, -0.15) is 0 Å². The highest BCUT2D eigenvalue weighted by molar-refractivity contribution is 6.45. The van der Waals surface area contributed by atoms with Gasteiger partial charge in [0.25, 0.3) is 0 Å². The van der Waals surface area contributed by atoms with Crippen LogP contribution in [0.25, 0.3) is 0 Å². The second kappa shape index (κ2) is 5.85. The van der Waals surface area contributed by atoms with Crippen LogP contribution in [0.15, 0.2) is 12.7 Å². The van der Waals surface area contributed by atoms with Crippen LogP contribution in [0.3, 0.4) is 0 Å². The Hall–Kier alpha value is -0.275. The minimum absolute atomic E-state index is 0.0574. The van der Waals surface area contributed by atoms with Crippen molar-refractivity contribution in [3.05, 3.63) is 12.7 Å². The van der Waals surface area contributed by atoms with E-state index in [0.717, 1.165) is 12.7 Å². The van der Waals surface area contributed by atoms with Crippen LogP contribution in [-0.4, -0.2) is 18.3 Å². The van der Waals surface area contributed by atoms with Crippen LogP contribution in [-0.2, 0) is 9.31 Å². The lowest BCUT2D eigenvalue weighted by atomic mass is 9.62. The molecule has 0 aromatic heterocycles. The molecule has 0 unspecified atom stereocenters. The molecular weight excluding hydrogens is 247 g/mol. The van der Waals surface area contributed by atoms with Crippen molar-refractivity contribution in [1.82, 2.24) is 0 Å². The first kappa shape index (κ1) is 16.1. The second-order valence-electron chi connectivity index (χ2n) is 7.80. The van der Waals surface area contributed by atoms with Crippen molar-refractivity contribution in [2.45, 2.75) is 90.2 Å². The number of allylic oxidation sites excluding steroid dienone is 1. The van der Waals surface area contributed by atoms with Crippen LogP contribution in [0.2, 0.25) is 6.32 Å². The van der Waals surface area contributed by atoms with Crippen LogP contribution < -0.4 is 0 Å². The molecular formula is C17H31BO2. The topological polar surface area (TPSA) is 18.5 Å². The third kappa shape index (κ3) is 3.31. The smallest absolute Gasteiger partial charge is 0.403 e. The lowest BCUT2D eigenvalue weighted by Gasteiger charge is -2.32. The first-order chi connectivity index (χ1) is 9.30. The summed E-state index contributed by atoms with van der Waals surface area (Å²) < 4.78 is 12.4.